The number of hydrogen-bond acceptors (Lipinski definition) is 5. The summed E-state index contributed by atoms with van der Waals surface area (Å²) in [5, 5.41) is 3.29. The highest BCUT2D eigenvalue weighted by Gasteiger charge is 2.52. The monoisotopic (exact) mass is 478 g/mol. The Kier molecular flexibility index (Phi) is 7.42. The van der Waals surface area contributed by atoms with Gasteiger partial charge >= 0.3 is 13.2 Å². The Morgan fingerprint density at radius 3 is 2.24 bits per heavy atom. The smallest absolute Gasteiger partial charge is 0.444 e. The van der Waals surface area contributed by atoms with Gasteiger partial charge in [0.05, 0.1) is 11.2 Å². The van der Waals surface area contributed by atoms with Gasteiger partial charge in [-0.05, 0) is 79.4 Å². The molecule has 0 radical (unpaired) electrons. The highest BCUT2D eigenvalue weighted by Crippen LogP contribution is 2.37. The van der Waals surface area contributed by atoms with E-state index >= 15 is 0 Å². The summed E-state index contributed by atoms with van der Waals surface area (Å²) in [6, 6.07) is 5.29. The van der Waals surface area contributed by atoms with Gasteiger partial charge in [-0.15, -0.1) is 0 Å². The summed E-state index contributed by atoms with van der Waals surface area (Å²) in [5.41, 5.74) is -0.167. The summed E-state index contributed by atoms with van der Waals surface area (Å²) in [7, 11) is -0.570. The largest absolute Gasteiger partial charge is 0.496 e. The van der Waals surface area contributed by atoms with Gasteiger partial charge < -0.3 is 24.3 Å². The zero-order chi connectivity index (χ0) is 24.6. The Labute approximate surface area is 202 Å². The highest BCUT2D eigenvalue weighted by atomic mass is 35.5. The van der Waals surface area contributed by atoms with Crippen molar-refractivity contribution in [1.29, 1.82) is 0 Å². The molecule has 0 bridgehead atoms. The van der Waals surface area contributed by atoms with Crippen molar-refractivity contribution in [3.8, 4) is 0 Å². The lowest BCUT2D eigenvalue weighted by Crippen LogP contribution is -2.42. The van der Waals surface area contributed by atoms with Gasteiger partial charge in [0.25, 0.3) is 5.91 Å². The van der Waals surface area contributed by atoms with Crippen LogP contribution in [0, 0.1) is 5.92 Å². The predicted octanol–water partition coefficient (Wildman–Crippen LogP) is 4.02. The molecule has 9 heteroatoms. The molecule has 2 heterocycles. The van der Waals surface area contributed by atoms with E-state index in [1.807, 2.05) is 59.4 Å². The maximum Gasteiger partial charge on any atom is 0.496 e. The average Bonchev–Trinajstić information content (AvgIpc) is 2.91. The lowest BCUT2D eigenvalue weighted by atomic mass is 9.78. The van der Waals surface area contributed by atoms with Crippen molar-refractivity contribution in [2.75, 3.05) is 19.6 Å². The summed E-state index contributed by atoms with van der Waals surface area (Å²) in [6.45, 7) is 15.3. The Balaban J connectivity index is 1.54. The quantitative estimate of drug-likeness (QED) is 0.662. The van der Waals surface area contributed by atoms with E-state index < -0.39 is 30.0 Å². The fraction of sp³-hybridized carbons (Fsp3) is 0.667. The zero-order valence-electron chi connectivity index (χ0n) is 20.8. The zero-order valence-corrected chi connectivity index (χ0v) is 21.5. The molecular weight excluding hydrogens is 443 g/mol. The van der Waals surface area contributed by atoms with E-state index in [0.717, 1.165) is 18.3 Å². The third-order valence-corrected chi connectivity index (χ3v) is 6.92. The number of alkyl carbamates (subject to hydrolysis) is 1. The summed E-state index contributed by atoms with van der Waals surface area (Å²) < 4.78 is 17.5. The topological polar surface area (TPSA) is 77.1 Å². The van der Waals surface area contributed by atoms with Gasteiger partial charge in [0.15, 0.2) is 0 Å². The molecule has 7 nitrogen and oxygen atoms in total. The van der Waals surface area contributed by atoms with Crippen LogP contribution in [0.2, 0.25) is 5.02 Å². The number of hydrogen-bond donors (Lipinski definition) is 1. The molecule has 1 aromatic rings. The van der Waals surface area contributed by atoms with Crippen molar-refractivity contribution < 1.29 is 23.6 Å². The number of nitrogens with one attached hydrogen (secondary N) is 1. The van der Waals surface area contributed by atoms with Crippen molar-refractivity contribution in [2.45, 2.75) is 78.1 Å². The minimum Gasteiger partial charge on any atom is -0.444 e. The molecule has 33 heavy (non-hydrogen) atoms. The molecule has 2 aliphatic heterocycles. The molecule has 0 spiro atoms. The number of piperidine rings is 1. The van der Waals surface area contributed by atoms with Crippen LogP contribution in [0.1, 0.15) is 71.7 Å². The maximum absolute atomic E-state index is 13.0. The van der Waals surface area contributed by atoms with E-state index in [9.17, 15) is 9.59 Å². The fourth-order valence-corrected chi connectivity index (χ4v) is 4.16. The van der Waals surface area contributed by atoms with Gasteiger partial charge in [0, 0.05) is 35.7 Å². The summed E-state index contributed by atoms with van der Waals surface area (Å²) in [4.78, 5) is 26.7. The molecule has 3 rings (SSSR count). The molecule has 0 saturated carbocycles. The lowest BCUT2D eigenvalue weighted by molar-refractivity contribution is 0.00578. The number of ether oxygens (including phenoxy) is 1. The molecule has 182 valence electrons. The molecule has 0 unspecified atom stereocenters. The third-order valence-electron chi connectivity index (χ3n) is 6.59. The molecule has 0 atom stereocenters. The SMILES string of the molecule is CC(C)(C)OC(=O)NCC1CCN(C(=O)c2ccc(B3OC(C)(C)C(C)(C)O3)c(Cl)c2)CC1. The second-order valence-electron chi connectivity index (χ2n) is 10.9. The van der Waals surface area contributed by atoms with E-state index in [2.05, 4.69) is 5.32 Å². The van der Waals surface area contributed by atoms with Crippen LogP contribution in [-0.2, 0) is 14.0 Å². The number of benzene rings is 1. The van der Waals surface area contributed by atoms with E-state index in [4.69, 9.17) is 25.6 Å². The second-order valence-corrected chi connectivity index (χ2v) is 11.4. The first-order chi connectivity index (χ1) is 15.2. The van der Waals surface area contributed by atoms with E-state index in [-0.39, 0.29) is 5.91 Å². The Morgan fingerprint density at radius 2 is 1.73 bits per heavy atom. The van der Waals surface area contributed by atoms with Gasteiger partial charge in [0.1, 0.15) is 5.60 Å². The van der Waals surface area contributed by atoms with Gasteiger partial charge in [-0.25, -0.2) is 4.79 Å². The van der Waals surface area contributed by atoms with Crippen LogP contribution in [0.4, 0.5) is 4.79 Å². The highest BCUT2D eigenvalue weighted by molar-refractivity contribution is 6.65. The van der Waals surface area contributed by atoms with Crippen molar-refractivity contribution in [1.82, 2.24) is 10.2 Å². The Bertz CT molecular complexity index is 875. The molecule has 1 aromatic carbocycles. The second kappa shape index (κ2) is 9.47. The molecule has 2 fully saturated rings. The van der Waals surface area contributed by atoms with Crippen LogP contribution >= 0.6 is 11.6 Å². The van der Waals surface area contributed by atoms with Gasteiger partial charge in [-0.1, -0.05) is 17.7 Å². The number of carbonyl (C=O) groups is 2. The molecule has 2 amide bonds. The third kappa shape index (κ3) is 6.22. The Morgan fingerprint density at radius 1 is 1.15 bits per heavy atom. The van der Waals surface area contributed by atoms with Crippen molar-refractivity contribution in [2.24, 2.45) is 5.92 Å². The average molecular weight is 479 g/mol. The standard InChI is InChI=1S/C24H36BClN2O5/c1-22(2,3)31-21(30)27-15-16-10-12-28(13-11-16)20(29)17-8-9-18(19(26)14-17)25-32-23(4,5)24(6,7)33-25/h8-9,14,16H,10-13,15H2,1-7H3,(H,27,30). The molecule has 2 aliphatic rings. The lowest BCUT2D eigenvalue weighted by Gasteiger charge is -2.32. The Hall–Kier alpha value is -1.77. The summed E-state index contributed by atoms with van der Waals surface area (Å²) >= 11 is 6.54. The molecule has 1 N–H and O–H groups in total. The van der Waals surface area contributed by atoms with E-state index in [1.54, 1.807) is 12.1 Å². The first-order valence-electron chi connectivity index (χ1n) is 11.6. The molecule has 0 aliphatic carbocycles. The van der Waals surface area contributed by atoms with Crippen LogP contribution in [0.25, 0.3) is 0 Å². The van der Waals surface area contributed by atoms with Crippen molar-refractivity contribution >= 4 is 36.2 Å². The van der Waals surface area contributed by atoms with Crippen LogP contribution in [-0.4, -0.2) is 60.5 Å². The number of halogens is 1. The maximum atomic E-state index is 13.0. The summed E-state index contributed by atoms with van der Waals surface area (Å²) in [6.07, 6.45) is 1.24. The van der Waals surface area contributed by atoms with Crippen LogP contribution in [0.5, 0.6) is 0 Å². The van der Waals surface area contributed by atoms with Crippen molar-refractivity contribution in [3.05, 3.63) is 28.8 Å². The molecule has 0 aromatic heterocycles. The van der Waals surface area contributed by atoms with Crippen LogP contribution < -0.4 is 10.8 Å². The number of nitrogens with zero attached hydrogens (tertiary/aromatic N) is 1. The van der Waals surface area contributed by atoms with Gasteiger partial charge in [0.2, 0.25) is 0 Å². The van der Waals surface area contributed by atoms with Crippen LogP contribution in [0.15, 0.2) is 18.2 Å². The summed E-state index contributed by atoms with van der Waals surface area (Å²) in [5.74, 6) is 0.270. The number of rotatable bonds is 4. The fourth-order valence-electron chi connectivity index (χ4n) is 3.89. The van der Waals surface area contributed by atoms with Crippen molar-refractivity contribution in [3.63, 3.8) is 0 Å². The van der Waals surface area contributed by atoms with Crippen LogP contribution in [0.3, 0.4) is 0 Å². The number of carbonyl (C=O) groups excluding carboxylic acids is 2. The molecule has 2 saturated heterocycles. The van der Waals surface area contributed by atoms with E-state index in [0.29, 0.717) is 36.1 Å². The number of likely N-dealkylation sites (tertiary alicyclic amines) is 1. The number of amides is 2. The first-order valence-corrected chi connectivity index (χ1v) is 12.0. The van der Waals surface area contributed by atoms with Gasteiger partial charge in [-0.2, -0.15) is 0 Å². The minimum absolute atomic E-state index is 0.0454. The normalized spacial score (nSPS) is 20.6. The van der Waals surface area contributed by atoms with Gasteiger partial charge in [-0.3, -0.25) is 4.79 Å². The van der Waals surface area contributed by atoms with E-state index in [1.165, 1.54) is 0 Å². The molecular formula is C24H36BClN2O5. The first kappa shape index (κ1) is 25.9. The predicted molar refractivity (Wildman–Crippen MR) is 130 cm³/mol. The minimum atomic E-state index is -0.570.